The second-order valence-corrected chi connectivity index (χ2v) is 14.5. The molecule has 0 saturated carbocycles. The quantitative estimate of drug-likeness (QED) is 0.192. The summed E-state index contributed by atoms with van der Waals surface area (Å²) >= 11 is 14.3. The maximum Gasteiger partial charge on any atom is 0.237 e. The number of halogens is 2. The predicted octanol–water partition coefficient (Wildman–Crippen LogP) is 6.42. The number of fused-ring (bicyclic) bond motifs is 1. The van der Waals surface area contributed by atoms with Gasteiger partial charge in [-0.3, -0.25) is 14.7 Å². The van der Waals surface area contributed by atoms with E-state index in [9.17, 15) is 4.79 Å². The zero-order valence-corrected chi connectivity index (χ0v) is 29.7. The highest BCUT2D eigenvalue weighted by molar-refractivity contribution is 6.39. The minimum absolute atomic E-state index is 0.0209. The highest BCUT2D eigenvalue weighted by Gasteiger charge is 2.46. The summed E-state index contributed by atoms with van der Waals surface area (Å²) in [5.41, 5.74) is 7.50. The molecule has 5 heterocycles. The Labute approximate surface area is 301 Å². The first-order valence-corrected chi connectivity index (χ1v) is 18.1. The fourth-order valence-corrected chi connectivity index (χ4v) is 8.64. The Hall–Kier alpha value is -3.80. The van der Waals surface area contributed by atoms with Gasteiger partial charge in [0.15, 0.2) is 0 Å². The van der Waals surface area contributed by atoms with Gasteiger partial charge in [-0.05, 0) is 43.7 Å². The van der Waals surface area contributed by atoms with Gasteiger partial charge in [0.25, 0.3) is 0 Å². The lowest BCUT2D eigenvalue weighted by molar-refractivity contribution is -0.119. The summed E-state index contributed by atoms with van der Waals surface area (Å²) in [7, 11) is 3.27. The van der Waals surface area contributed by atoms with Crippen LogP contribution in [-0.4, -0.2) is 77.9 Å². The zero-order chi connectivity index (χ0) is 34.4. The number of ether oxygens (including phenoxy) is 3. The van der Waals surface area contributed by atoms with Gasteiger partial charge < -0.3 is 24.8 Å². The van der Waals surface area contributed by atoms with Crippen LogP contribution in [0.3, 0.4) is 0 Å². The lowest BCUT2D eigenvalue weighted by Gasteiger charge is -2.47. The van der Waals surface area contributed by atoms with E-state index in [-0.39, 0.29) is 23.6 Å². The molecule has 1 amide bonds. The molecule has 4 aromatic rings. The molecular formula is C38H40Cl2N6O4. The number of likely N-dealkylation sites (tertiary alicyclic amines) is 1. The number of carbonyl (C=O) groups is 1. The highest BCUT2D eigenvalue weighted by Crippen LogP contribution is 2.45. The van der Waals surface area contributed by atoms with Crippen molar-refractivity contribution in [3.05, 3.63) is 75.5 Å². The summed E-state index contributed by atoms with van der Waals surface area (Å²) in [5, 5.41) is 7.74. The van der Waals surface area contributed by atoms with E-state index in [4.69, 9.17) is 52.4 Å². The summed E-state index contributed by atoms with van der Waals surface area (Å²) in [6, 6.07) is 14.1. The van der Waals surface area contributed by atoms with Crippen LogP contribution in [0.4, 0.5) is 0 Å². The van der Waals surface area contributed by atoms with E-state index in [1.165, 1.54) is 5.56 Å². The molecule has 2 atom stereocenters. The number of hydrogen-bond donors (Lipinski definition) is 2. The fraction of sp³-hybridized carbons (Fsp3) is 0.421. The van der Waals surface area contributed by atoms with Crippen molar-refractivity contribution >= 4 is 29.1 Å². The molecule has 4 aliphatic rings. The van der Waals surface area contributed by atoms with Gasteiger partial charge in [-0.25, -0.2) is 9.97 Å². The molecule has 2 aromatic carbocycles. The molecule has 3 aliphatic heterocycles. The van der Waals surface area contributed by atoms with Gasteiger partial charge in [0, 0.05) is 79.1 Å². The minimum Gasteiger partial charge on any atom is -0.481 e. The fourth-order valence-electron chi connectivity index (χ4n) is 7.99. The first-order chi connectivity index (χ1) is 24.3. The molecule has 8 rings (SSSR count). The highest BCUT2D eigenvalue weighted by atomic mass is 35.5. The largest absolute Gasteiger partial charge is 0.481 e. The average Bonchev–Trinajstić information content (AvgIpc) is 3.88. The van der Waals surface area contributed by atoms with Gasteiger partial charge in [-0.15, -0.1) is 0 Å². The van der Waals surface area contributed by atoms with E-state index in [1.807, 2.05) is 36.4 Å². The number of aryl methyl sites for hydroxylation is 1. The lowest BCUT2D eigenvalue weighted by Crippen LogP contribution is -2.60. The van der Waals surface area contributed by atoms with Gasteiger partial charge in [0.05, 0.1) is 47.5 Å². The predicted molar refractivity (Wildman–Crippen MR) is 193 cm³/mol. The summed E-state index contributed by atoms with van der Waals surface area (Å²) in [4.78, 5) is 28.5. The molecule has 3 saturated heterocycles. The second-order valence-electron chi connectivity index (χ2n) is 13.7. The number of nitrogens with one attached hydrogen (secondary N) is 2. The van der Waals surface area contributed by atoms with Crippen LogP contribution in [0.2, 0.25) is 10.0 Å². The molecular weight excluding hydrogens is 675 g/mol. The number of rotatable bonds is 10. The molecule has 0 bridgehead atoms. The van der Waals surface area contributed by atoms with Crippen LogP contribution in [0.15, 0.2) is 48.7 Å². The number of hydrogen-bond acceptors (Lipinski definition) is 9. The monoisotopic (exact) mass is 714 g/mol. The van der Waals surface area contributed by atoms with Crippen LogP contribution in [-0.2, 0) is 22.5 Å². The smallest absolute Gasteiger partial charge is 0.237 e. The molecule has 50 heavy (non-hydrogen) atoms. The van der Waals surface area contributed by atoms with Crippen molar-refractivity contribution in [2.45, 2.75) is 62.8 Å². The standard InChI is InChI=1S/C38H40Cl2N6O4/c1-48-36-31(19-46-20-38(21-46)14-5-15-50-38)42-18-30(45-36)27-9-4-7-25(35(27)40)24-6-3-8-26(34(24)39)29-16-22-10-12-28(33(22)37(44-29)49-2)41-17-23-11-13-32(47)43-23/h3-4,6-9,16,18,23,28,41H,5,10-15,17,19-21H2,1-2H3,(H,43,47). The SMILES string of the molecule is COc1nc(-c2cccc(-c3cccc(-c4cc5c(c(OC)n4)C(NCC4CCC(=O)N4)CC5)c3Cl)c2Cl)cnc1CN1CC2(CCCO2)C1. The number of amides is 1. The van der Waals surface area contributed by atoms with E-state index in [0.717, 1.165) is 91.0 Å². The number of aromatic nitrogens is 3. The van der Waals surface area contributed by atoms with Crippen LogP contribution in [0, 0.1) is 0 Å². The molecule has 2 N–H and O–H groups in total. The van der Waals surface area contributed by atoms with Crippen LogP contribution in [0.25, 0.3) is 33.6 Å². The van der Waals surface area contributed by atoms with Crippen LogP contribution in [0.1, 0.15) is 55.0 Å². The zero-order valence-electron chi connectivity index (χ0n) is 28.2. The topological polar surface area (TPSA) is 111 Å². The van der Waals surface area contributed by atoms with Gasteiger partial charge in [0.2, 0.25) is 17.7 Å². The normalized spacial score (nSPS) is 20.9. The Morgan fingerprint density at radius 1 is 0.960 bits per heavy atom. The molecule has 1 aliphatic carbocycles. The van der Waals surface area contributed by atoms with Gasteiger partial charge in [0.1, 0.15) is 5.69 Å². The number of methoxy groups -OCH3 is 2. The molecule has 1 spiro atoms. The Bertz CT molecular complexity index is 1940. The molecule has 2 aromatic heterocycles. The summed E-state index contributed by atoms with van der Waals surface area (Å²) in [6.45, 7) is 4.02. The van der Waals surface area contributed by atoms with Crippen LogP contribution >= 0.6 is 23.2 Å². The maximum absolute atomic E-state index is 11.7. The first kappa shape index (κ1) is 33.3. The van der Waals surface area contributed by atoms with Crippen molar-refractivity contribution in [3.8, 4) is 45.4 Å². The van der Waals surface area contributed by atoms with Crippen molar-refractivity contribution in [2.24, 2.45) is 0 Å². The van der Waals surface area contributed by atoms with E-state index >= 15 is 0 Å². The van der Waals surface area contributed by atoms with E-state index < -0.39 is 0 Å². The Kier molecular flexibility index (Phi) is 9.16. The maximum atomic E-state index is 11.7. The number of benzene rings is 2. The molecule has 3 fully saturated rings. The molecule has 10 nitrogen and oxygen atoms in total. The summed E-state index contributed by atoms with van der Waals surface area (Å²) in [5.74, 6) is 1.19. The van der Waals surface area contributed by atoms with Crippen molar-refractivity contribution in [1.29, 1.82) is 0 Å². The lowest BCUT2D eigenvalue weighted by atomic mass is 9.91. The number of nitrogens with zero attached hydrogens (tertiary/aromatic N) is 4. The van der Waals surface area contributed by atoms with Crippen molar-refractivity contribution in [2.75, 3.05) is 40.5 Å². The molecule has 2 unspecified atom stereocenters. The van der Waals surface area contributed by atoms with E-state index in [2.05, 4.69) is 21.6 Å². The second kappa shape index (κ2) is 13.7. The third kappa shape index (κ3) is 6.22. The molecule has 12 heteroatoms. The minimum atomic E-state index is 0.0209. The Morgan fingerprint density at radius 2 is 1.66 bits per heavy atom. The number of pyridine rings is 1. The first-order valence-electron chi connectivity index (χ1n) is 17.3. The van der Waals surface area contributed by atoms with E-state index in [0.29, 0.717) is 47.0 Å². The van der Waals surface area contributed by atoms with Crippen LogP contribution < -0.4 is 20.1 Å². The Balaban J connectivity index is 1.05. The Morgan fingerprint density at radius 3 is 2.32 bits per heavy atom. The number of carbonyl (C=O) groups excluding carboxylic acids is 1. The van der Waals surface area contributed by atoms with Crippen LogP contribution in [0.5, 0.6) is 11.8 Å². The summed E-state index contributed by atoms with van der Waals surface area (Å²) in [6.07, 6.45) is 7.26. The molecule has 0 radical (unpaired) electrons. The van der Waals surface area contributed by atoms with Gasteiger partial charge in [-0.1, -0.05) is 59.6 Å². The summed E-state index contributed by atoms with van der Waals surface area (Å²) < 4.78 is 17.5. The third-order valence-corrected chi connectivity index (χ3v) is 11.3. The van der Waals surface area contributed by atoms with Gasteiger partial charge >= 0.3 is 0 Å². The third-order valence-electron chi connectivity index (χ3n) is 10.5. The van der Waals surface area contributed by atoms with Crippen molar-refractivity contribution < 1.29 is 19.0 Å². The van der Waals surface area contributed by atoms with Crippen molar-refractivity contribution in [1.82, 2.24) is 30.5 Å². The molecule has 260 valence electrons. The van der Waals surface area contributed by atoms with E-state index in [1.54, 1.807) is 20.4 Å². The van der Waals surface area contributed by atoms with Crippen molar-refractivity contribution in [3.63, 3.8) is 0 Å². The van der Waals surface area contributed by atoms with Gasteiger partial charge in [-0.2, -0.15) is 0 Å². The average molecular weight is 716 g/mol.